The molecular formula is C9H20ClNO2S. The predicted octanol–water partition coefficient (Wildman–Crippen LogP) is 2.07. The van der Waals surface area contributed by atoms with Crippen LogP contribution in [-0.4, -0.2) is 36.9 Å². The first-order valence-corrected chi connectivity index (χ1v) is 6.95. The van der Waals surface area contributed by atoms with Crippen molar-refractivity contribution >= 4 is 21.6 Å². The van der Waals surface area contributed by atoms with E-state index in [9.17, 15) is 8.42 Å². The first-order valence-electron chi connectivity index (χ1n) is 4.80. The topological polar surface area (TPSA) is 37.4 Å². The SMILES string of the molecule is CCC(C)(C)N(C)S(=O)(=O)CCCCl. The highest BCUT2D eigenvalue weighted by molar-refractivity contribution is 7.89. The molecule has 0 heterocycles. The Morgan fingerprint density at radius 1 is 1.36 bits per heavy atom. The van der Waals surface area contributed by atoms with Crippen LogP contribution in [0.5, 0.6) is 0 Å². The smallest absolute Gasteiger partial charge is 0.212 e. The van der Waals surface area contributed by atoms with Gasteiger partial charge in [-0.3, -0.25) is 0 Å². The Kier molecular flexibility index (Phi) is 5.41. The second-order valence-corrected chi connectivity index (χ2v) is 6.49. The summed E-state index contributed by atoms with van der Waals surface area (Å²) in [5.41, 5.74) is -0.314. The molecule has 0 N–H and O–H groups in total. The van der Waals surface area contributed by atoms with Gasteiger partial charge in [0.15, 0.2) is 0 Å². The average Bonchev–Trinajstić information content (AvgIpc) is 2.13. The minimum Gasteiger partial charge on any atom is -0.212 e. The van der Waals surface area contributed by atoms with Crippen LogP contribution in [-0.2, 0) is 10.0 Å². The van der Waals surface area contributed by atoms with Crippen LogP contribution in [0, 0.1) is 0 Å². The van der Waals surface area contributed by atoms with E-state index in [2.05, 4.69) is 0 Å². The summed E-state index contributed by atoms with van der Waals surface area (Å²) in [4.78, 5) is 0. The fraction of sp³-hybridized carbons (Fsp3) is 1.00. The van der Waals surface area contributed by atoms with E-state index in [0.29, 0.717) is 12.3 Å². The number of alkyl halides is 1. The summed E-state index contributed by atoms with van der Waals surface area (Å²) in [7, 11) is -1.51. The first-order chi connectivity index (χ1) is 6.28. The number of hydrogen-bond donors (Lipinski definition) is 0. The Labute approximate surface area is 92.5 Å². The van der Waals surface area contributed by atoms with Crippen LogP contribution >= 0.6 is 11.6 Å². The molecule has 3 nitrogen and oxygen atoms in total. The molecule has 0 fully saturated rings. The van der Waals surface area contributed by atoms with E-state index in [0.717, 1.165) is 6.42 Å². The van der Waals surface area contributed by atoms with Crippen molar-refractivity contribution in [3.8, 4) is 0 Å². The van der Waals surface area contributed by atoms with E-state index in [1.54, 1.807) is 7.05 Å². The monoisotopic (exact) mass is 241 g/mol. The van der Waals surface area contributed by atoms with E-state index < -0.39 is 10.0 Å². The Morgan fingerprint density at radius 3 is 2.21 bits per heavy atom. The number of hydrogen-bond acceptors (Lipinski definition) is 2. The number of sulfonamides is 1. The molecule has 14 heavy (non-hydrogen) atoms. The van der Waals surface area contributed by atoms with Gasteiger partial charge in [-0.25, -0.2) is 8.42 Å². The summed E-state index contributed by atoms with van der Waals surface area (Å²) in [6.07, 6.45) is 1.30. The Hall–Kier alpha value is 0.200. The molecule has 86 valence electrons. The highest BCUT2D eigenvalue weighted by atomic mass is 35.5. The zero-order valence-electron chi connectivity index (χ0n) is 9.38. The number of halogens is 1. The lowest BCUT2D eigenvalue weighted by molar-refractivity contribution is 0.257. The van der Waals surface area contributed by atoms with Gasteiger partial charge in [-0.05, 0) is 26.7 Å². The molecule has 0 rings (SSSR count). The summed E-state index contributed by atoms with van der Waals surface area (Å²) in [5, 5.41) is 0. The van der Waals surface area contributed by atoms with Crippen LogP contribution in [0.2, 0.25) is 0 Å². The molecule has 0 bridgehead atoms. The van der Waals surface area contributed by atoms with Gasteiger partial charge in [0.05, 0.1) is 5.75 Å². The van der Waals surface area contributed by atoms with Gasteiger partial charge in [-0.2, -0.15) is 4.31 Å². The van der Waals surface area contributed by atoms with E-state index in [1.807, 2.05) is 20.8 Å². The maximum atomic E-state index is 11.8. The highest BCUT2D eigenvalue weighted by Gasteiger charge is 2.30. The van der Waals surface area contributed by atoms with Crippen molar-refractivity contribution in [2.75, 3.05) is 18.7 Å². The van der Waals surface area contributed by atoms with Crippen LogP contribution in [0.3, 0.4) is 0 Å². The minimum atomic E-state index is -3.14. The van der Waals surface area contributed by atoms with Gasteiger partial charge in [0.2, 0.25) is 10.0 Å². The predicted molar refractivity (Wildman–Crippen MR) is 61.3 cm³/mol. The fourth-order valence-electron chi connectivity index (χ4n) is 0.973. The van der Waals surface area contributed by atoms with E-state index in [4.69, 9.17) is 11.6 Å². The third-order valence-electron chi connectivity index (χ3n) is 2.67. The normalized spacial score (nSPS) is 13.6. The van der Waals surface area contributed by atoms with Gasteiger partial charge >= 0.3 is 0 Å². The van der Waals surface area contributed by atoms with Crippen molar-refractivity contribution in [2.45, 2.75) is 39.2 Å². The summed E-state index contributed by atoms with van der Waals surface area (Å²) in [5.74, 6) is 0.524. The molecule has 0 aromatic heterocycles. The summed E-state index contributed by atoms with van der Waals surface area (Å²) < 4.78 is 25.0. The molecule has 0 atom stereocenters. The van der Waals surface area contributed by atoms with E-state index >= 15 is 0 Å². The molecule has 0 aliphatic carbocycles. The van der Waals surface area contributed by atoms with Crippen LogP contribution in [0.1, 0.15) is 33.6 Å². The lowest BCUT2D eigenvalue weighted by Crippen LogP contribution is -2.45. The van der Waals surface area contributed by atoms with Crippen LogP contribution < -0.4 is 0 Å². The van der Waals surface area contributed by atoms with Crippen molar-refractivity contribution in [3.05, 3.63) is 0 Å². The standard InChI is InChI=1S/C9H20ClNO2S/c1-5-9(2,3)11(4)14(12,13)8-6-7-10/h5-8H2,1-4H3. The average molecular weight is 242 g/mol. The lowest BCUT2D eigenvalue weighted by atomic mass is 10.0. The van der Waals surface area contributed by atoms with E-state index in [-0.39, 0.29) is 11.3 Å². The second-order valence-electron chi connectivity index (χ2n) is 3.99. The molecule has 0 saturated heterocycles. The lowest BCUT2D eigenvalue weighted by Gasteiger charge is -2.33. The van der Waals surface area contributed by atoms with Crippen LogP contribution in [0.4, 0.5) is 0 Å². The second kappa shape index (κ2) is 5.33. The zero-order chi connectivity index (χ0) is 11.4. The molecule has 0 unspecified atom stereocenters. The quantitative estimate of drug-likeness (QED) is 0.668. The van der Waals surface area contributed by atoms with Crippen molar-refractivity contribution < 1.29 is 8.42 Å². The maximum absolute atomic E-state index is 11.8. The van der Waals surface area contributed by atoms with Gasteiger partial charge in [0.1, 0.15) is 0 Å². The van der Waals surface area contributed by atoms with Gasteiger partial charge < -0.3 is 0 Å². The molecule has 0 aliphatic rings. The summed E-state index contributed by atoms with van der Waals surface area (Å²) >= 11 is 5.48. The molecule has 0 aromatic rings. The molecule has 0 spiro atoms. The fourth-order valence-corrected chi connectivity index (χ4v) is 2.93. The van der Waals surface area contributed by atoms with Crippen LogP contribution in [0.25, 0.3) is 0 Å². The number of nitrogens with zero attached hydrogens (tertiary/aromatic N) is 1. The largest absolute Gasteiger partial charge is 0.214 e. The van der Waals surface area contributed by atoms with Gasteiger partial charge in [-0.15, -0.1) is 11.6 Å². The number of rotatable bonds is 6. The third kappa shape index (κ3) is 3.75. The molecular weight excluding hydrogens is 222 g/mol. The van der Waals surface area contributed by atoms with Crippen LogP contribution in [0.15, 0.2) is 0 Å². The molecule has 0 aliphatic heterocycles. The minimum absolute atomic E-state index is 0.135. The Morgan fingerprint density at radius 2 is 1.86 bits per heavy atom. The molecule has 5 heteroatoms. The molecule has 0 aromatic carbocycles. The van der Waals surface area contributed by atoms with Crippen molar-refractivity contribution in [2.24, 2.45) is 0 Å². The summed E-state index contributed by atoms with van der Waals surface area (Å²) in [6.45, 7) is 5.82. The van der Waals surface area contributed by atoms with Gasteiger partial charge in [-0.1, -0.05) is 6.92 Å². The molecule has 0 saturated carbocycles. The summed E-state index contributed by atoms with van der Waals surface area (Å²) in [6, 6.07) is 0. The Bertz CT molecular complexity index is 262. The van der Waals surface area contributed by atoms with Crippen molar-refractivity contribution in [3.63, 3.8) is 0 Å². The van der Waals surface area contributed by atoms with Crippen molar-refractivity contribution in [1.82, 2.24) is 4.31 Å². The van der Waals surface area contributed by atoms with Crippen molar-refractivity contribution in [1.29, 1.82) is 0 Å². The molecule has 0 amide bonds. The molecule has 0 radical (unpaired) electrons. The third-order valence-corrected chi connectivity index (χ3v) is 5.07. The maximum Gasteiger partial charge on any atom is 0.214 e. The zero-order valence-corrected chi connectivity index (χ0v) is 11.0. The first kappa shape index (κ1) is 14.2. The Balaban J connectivity index is 4.59. The van der Waals surface area contributed by atoms with E-state index in [1.165, 1.54) is 4.31 Å². The highest BCUT2D eigenvalue weighted by Crippen LogP contribution is 2.20. The van der Waals surface area contributed by atoms with Gasteiger partial charge in [0, 0.05) is 18.5 Å². The van der Waals surface area contributed by atoms with Gasteiger partial charge in [0.25, 0.3) is 0 Å².